The van der Waals surface area contributed by atoms with Crippen molar-refractivity contribution in [1.29, 1.82) is 5.26 Å². The van der Waals surface area contributed by atoms with E-state index in [0.717, 1.165) is 37.0 Å². The van der Waals surface area contributed by atoms with E-state index in [1.807, 2.05) is 42.5 Å². The van der Waals surface area contributed by atoms with Crippen LogP contribution in [0.5, 0.6) is 0 Å². The van der Waals surface area contributed by atoms with Crippen LogP contribution in [0.25, 0.3) is 0 Å². The molecular weight excluding hydrogens is 302 g/mol. The van der Waals surface area contributed by atoms with Crippen LogP contribution in [0.3, 0.4) is 0 Å². The Morgan fingerprint density at radius 1 is 1.21 bits per heavy atom. The molecule has 2 N–H and O–H groups in total. The lowest BCUT2D eigenvalue weighted by Gasteiger charge is -2.23. The second-order valence-corrected chi connectivity index (χ2v) is 6.19. The van der Waals surface area contributed by atoms with Crippen molar-refractivity contribution in [2.45, 2.75) is 37.3 Å². The van der Waals surface area contributed by atoms with E-state index >= 15 is 0 Å². The first-order chi connectivity index (χ1) is 11.7. The lowest BCUT2D eigenvalue weighted by Crippen LogP contribution is -2.48. The minimum atomic E-state index is -0.689. The van der Waals surface area contributed by atoms with Crippen molar-refractivity contribution in [3.63, 3.8) is 0 Å². The normalized spacial score (nSPS) is 17.1. The summed E-state index contributed by atoms with van der Waals surface area (Å²) in [5.74, 6) is 0.593. The van der Waals surface area contributed by atoms with Gasteiger partial charge in [-0.25, -0.2) is 0 Å². The molecule has 0 bridgehead atoms. The molecule has 1 aliphatic rings. The average molecular weight is 323 g/mol. The maximum Gasteiger partial charge on any atom is 0.235 e. The number of hydrogen-bond donors (Lipinski definition) is 2. The van der Waals surface area contributed by atoms with Gasteiger partial charge in [0.15, 0.2) is 0 Å². The molecule has 0 spiro atoms. The Bertz CT molecular complexity index is 698. The Hall–Kier alpha value is -2.58. The SMILES string of the molecule is N#CC1(NC(=O)CN[C@H](c2ccccc2)c2ccco2)CCCC1. The van der Waals surface area contributed by atoms with Crippen LogP contribution in [0.2, 0.25) is 0 Å². The number of nitriles is 1. The Balaban J connectivity index is 1.66. The van der Waals surface area contributed by atoms with Crippen LogP contribution >= 0.6 is 0 Å². The standard InChI is InChI=1S/C19H21N3O2/c20-14-19(10-4-5-11-19)22-17(23)13-21-18(16-9-6-12-24-16)15-7-2-1-3-8-15/h1-3,6-9,12,18,21H,4-5,10-11,13H2,(H,22,23)/t18-/m1/s1. The number of nitrogens with zero attached hydrogens (tertiary/aromatic N) is 1. The molecule has 1 saturated carbocycles. The van der Waals surface area contributed by atoms with Crippen LogP contribution in [0.4, 0.5) is 0 Å². The summed E-state index contributed by atoms with van der Waals surface area (Å²) in [5, 5.41) is 15.5. The van der Waals surface area contributed by atoms with Gasteiger partial charge in [0.2, 0.25) is 5.91 Å². The Kier molecular flexibility index (Phi) is 4.97. The fourth-order valence-corrected chi connectivity index (χ4v) is 3.23. The number of carbonyl (C=O) groups excluding carboxylic acids is 1. The third-order valence-corrected chi connectivity index (χ3v) is 4.48. The van der Waals surface area contributed by atoms with Gasteiger partial charge >= 0.3 is 0 Å². The van der Waals surface area contributed by atoms with Gasteiger partial charge in [0.05, 0.1) is 24.9 Å². The third-order valence-electron chi connectivity index (χ3n) is 4.48. The van der Waals surface area contributed by atoms with Crippen molar-refractivity contribution < 1.29 is 9.21 Å². The molecule has 0 saturated heterocycles. The molecule has 1 heterocycles. The van der Waals surface area contributed by atoms with Crippen molar-refractivity contribution in [3.8, 4) is 6.07 Å². The minimum Gasteiger partial charge on any atom is -0.467 e. The molecule has 1 atom stereocenters. The summed E-state index contributed by atoms with van der Waals surface area (Å²) in [4.78, 5) is 12.3. The first-order valence-corrected chi connectivity index (χ1v) is 8.26. The number of hydrogen-bond acceptors (Lipinski definition) is 4. The highest BCUT2D eigenvalue weighted by Crippen LogP contribution is 2.28. The van der Waals surface area contributed by atoms with Gasteiger partial charge in [-0.1, -0.05) is 30.3 Å². The Morgan fingerprint density at radius 2 is 1.96 bits per heavy atom. The fourth-order valence-electron chi connectivity index (χ4n) is 3.23. The molecule has 5 heteroatoms. The fraction of sp³-hybridized carbons (Fsp3) is 0.368. The summed E-state index contributed by atoms with van der Waals surface area (Å²) in [6.07, 6.45) is 5.06. The summed E-state index contributed by atoms with van der Waals surface area (Å²) in [5.41, 5.74) is 0.335. The molecule has 0 radical (unpaired) electrons. The van der Waals surface area contributed by atoms with Crippen LogP contribution in [0.15, 0.2) is 53.1 Å². The summed E-state index contributed by atoms with van der Waals surface area (Å²) in [7, 11) is 0. The number of nitrogens with one attached hydrogen (secondary N) is 2. The molecule has 24 heavy (non-hydrogen) atoms. The second-order valence-electron chi connectivity index (χ2n) is 6.19. The maximum absolute atomic E-state index is 12.3. The molecule has 1 aromatic heterocycles. The van der Waals surface area contributed by atoms with Crippen molar-refractivity contribution >= 4 is 5.91 Å². The van der Waals surface area contributed by atoms with Crippen LogP contribution in [0, 0.1) is 11.3 Å². The van der Waals surface area contributed by atoms with E-state index in [-0.39, 0.29) is 18.5 Å². The first-order valence-electron chi connectivity index (χ1n) is 8.26. The van der Waals surface area contributed by atoms with E-state index in [0.29, 0.717) is 0 Å². The van der Waals surface area contributed by atoms with Gasteiger partial charge in [0.1, 0.15) is 11.3 Å². The number of rotatable bonds is 6. The van der Waals surface area contributed by atoms with Crippen LogP contribution < -0.4 is 10.6 Å². The van der Waals surface area contributed by atoms with Crippen LogP contribution in [-0.2, 0) is 4.79 Å². The van der Waals surface area contributed by atoms with E-state index in [4.69, 9.17) is 4.42 Å². The number of furan rings is 1. The zero-order valence-electron chi connectivity index (χ0n) is 13.5. The molecular formula is C19H21N3O2. The molecule has 5 nitrogen and oxygen atoms in total. The summed E-state index contributed by atoms with van der Waals surface area (Å²) in [6.45, 7) is 0.129. The molecule has 1 aliphatic carbocycles. The van der Waals surface area contributed by atoms with E-state index in [9.17, 15) is 10.1 Å². The molecule has 124 valence electrons. The van der Waals surface area contributed by atoms with E-state index in [1.165, 1.54) is 0 Å². The summed E-state index contributed by atoms with van der Waals surface area (Å²) in [6, 6.07) is 15.6. The van der Waals surface area contributed by atoms with Gasteiger partial charge in [-0.05, 0) is 43.4 Å². The molecule has 1 amide bonds. The molecule has 1 aromatic carbocycles. The summed E-state index contributed by atoms with van der Waals surface area (Å²) < 4.78 is 5.51. The maximum atomic E-state index is 12.3. The summed E-state index contributed by atoms with van der Waals surface area (Å²) >= 11 is 0. The van der Waals surface area contributed by atoms with Gasteiger partial charge in [-0.3, -0.25) is 10.1 Å². The largest absolute Gasteiger partial charge is 0.467 e. The van der Waals surface area contributed by atoms with Crippen molar-refractivity contribution in [2.24, 2.45) is 0 Å². The molecule has 2 aromatic rings. The quantitative estimate of drug-likeness (QED) is 0.857. The molecule has 0 unspecified atom stereocenters. The first kappa shape index (κ1) is 16.3. The predicted octanol–water partition coefficient (Wildman–Crippen LogP) is 2.91. The highest BCUT2D eigenvalue weighted by molar-refractivity contribution is 5.79. The molecule has 0 aliphatic heterocycles. The lowest BCUT2D eigenvalue weighted by atomic mass is 10.00. The van der Waals surface area contributed by atoms with Gasteiger partial charge in [-0.2, -0.15) is 5.26 Å². The Morgan fingerprint density at radius 3 is 2.58 bits per heavy atom. The number of benzene rings is 1. The van der Waals surface area contributed by atoms with Crippen molar-refractivity contribution in [1.82, 2.24) is 10.6 Å². The van der Waals surface area contributed by atoms with Gasteiger partial charge in [0.25, 0.3) is 0 Å². The predicted molar refractivity (Wildman–Crippen MR) is 90.0 cm³/mol. The van der Waals surface area contributed by atoms with Crippen molar-refractivity contribution in [3.05, 3.63) is 60.1 Å². The highest BCUT2D eigenvalue weighted by Gasteiger charge is 2.35. The topological polar surface area (TPSA) is 78.1 Å². The third kappa shape index (κ3) is 3.66. The molecule has 3 rings (SSSR count). The van der Waals surface area contributed by atoms with Crippen molar-refractivity contribution in [2.75, 3.05) is 6.54 Å². The Labute approximate surface area is 141 Å². The zero-order valence-corrected chi connectivity index (χ0v) is 13.5. The number of carbonyl (C=O) groups is 1. The second kappa shape index (κ2) is 7.33. The van der Waals surface area contributed by atoms with Gasteiger partial charge < -0.3 is 9.73 Å². The van der Waals surface area contributed by atoms with Gasteiger partial charge in [-0.15, -0.1) is 0 Å². The smallest absolute Gasteiger partial charge is 0.235 e. The van der Waals surface area contributed by atoms with E-state index in [2.05, 4.69) is 16.7 Å². The monoisotopic (exact) mass is 323 g/mol. The zero-order chi connectivity index (χ0) is 16.8. The van der Waals surface area contributed by atoms with E-state index < -0.39 is 5.54 Å². The van der Waals surface area contributed by atoms with E-state index in [1.54, 1.807) is 6.26 Å². The van der Waals surface area contributed by atoms with Crippen LogP contribution in [-0.4, -0.2) is 18.0 Å². The molecule has 1 fully saturated rings. The van der Waals surface area contributed by atoms with Gasteiger partial charge in [0, 0.05) is 0 Å². The average Bonchev–Trinajstić information content (AvgIpc) is 3.29. The minimum absolute atomic E-state index is 0.129. The number of amides is 1. The highest BCUT2D eigenvalue weighted by atomic mass is 16.3. The lowest BCUT2D eigenvalue weighted by molar-refractivity contribution is -0.121. The van der Waals surface area contributed by atoms with Crippen LogP contribution in [0.1, 0.15) is 43.0 Å².